The number of benzene rings is 1. The summed E-state index contributed by atoms with van der Waals surface area (Å²) in [6.07, 6.45) is 2.41. The van der Waals surface area contributed by atoms with Crippen LogP contribution < -0.4 is 0 Å². The predicted molar refractivity (Wildman–Crippen MR) is 76.2 cm³/mol. The molecule has 0 saturated carbocycles. The Hall–Kier alpha value is -1.91. The van der Waals surface area contributed by atoms with E-state index < -0.39 is 11.4 Å². The lowest BCUT2D eigenvalue weighted by molar-refractivity contribution is -0.152. The molecule has 1 fully saturated rings. The van der Waals surface area contributed by atoms with Crippen molar-refractivity contribution in [2.45, 2.75) is 32.6 Å². The Balaban J connectivity index is 2.13. The average Bonchev–Trinajstić information content (AvgIpc) is 2.48. The molecule has 0 unspecified atom stereocenters. The van der Waals surface area contributed by atoms with Crippen molar-refractivity contribution in [2.24, 2.45) is 10.7 Å². The van der Waals surface area contributed by atoms with Gasteiger partial charge in [0.05, 0.1) is 10.7 Å². The molecule has 1 aliphatic rings. The monoisotopic (exact) mass is 276 g/mol. The lowest BCUT2D eigenvalue weighted by Crippen LogP contribution is -2.43. The van der Waals surface area contributed by atoms with Gasteiger partial charge in [-0.05, 0) is 36.8 Å². The highest BCUT2D eigenvalue weighted by Gasteiger charge is 2.41. The summed E-state index contributed by atoms with van der Waals surface area (Å²) < 4.78 is 0. The first kappa shape index (κ1) is 14.5. The quantitative estimate of drug-likeness (QED) is 0.839. The molecule has 1 N–H and O–H groups in total. The Bertz CT molecular complexity index is 476. The molecule has 0 aliphatic carbocycles. The zero-order valence-electron chi connectivity index (χ0n) is 11.7. The van der Waals surface area contributed by atoms with Crippen LogP contribution in [0.3, 0.4) is 0 Å². The Morgan fingerprint density at radius 1 is 1.25 bits per heavy atom. The van der Waals surface area contributed by atoms with E-state index in [1.54, 1.807) is 0 Å². The summed E-state index contributed by atoms with van der Waals surface area (Å²) >= 11 is 0. The Morgan fingerprint density at radius 3 is 2.25 bits per heavy atom. The van der Waals surface area contributed by atoms with Crippen molar-refractivity contribution in [3.05, 3.63) is 40.3 Å². The fourth-order valence-corrected chi connectivity index (χ4v) is 2.75. The highest BCUT2D eigenvalue weighted by Crippen LogP contribution is 2.35. The second-order valence-corrected chi connectivity index (χ2v) is 5.47. The number of carboxylic acids is 1. The van der Waals surface area contributed by atoms with Gasteiger partial charge in [0.25, 0.3) is 0 Å². The first-order chi connectivity index (χ1) is 9.59. The van der Waals surface area contributed by atoms with E-state index in [0.29, 0.717) is 32.4 Å². The zero-order chi connectivity index (χ0) is 14.6. The molecule has 1 saturated heterocycles. The van der Waals surface area contributed by atoms with E-state index in [1.807, 2.05) is 24.3 Å². The number of hydrogen-bond donors (Lipinski definition) is 1. The summed E-state index contributed by atoms with van der Waals surface area (Å²) in [5.41, 5.74) is 1.52. The lowest BCUT2D eigenvalue weighted by atomic mass is 9.74. The SMILES string of the molecule is CCc1ccc(CC2(C(=O)O)CCN(N=O)CC2)cc1. The molecule has 5 heteroatoms. The molecule has 0 atom stereocenters. The maximum absolute atomic E-state index is 11.7. The molecule has 108 valence electrons. The van der Waals surface area contributed by atoms with E-state index in [0.717, 1.165) is 12.0 Å². The van der Waals surface area contributed by atoms with Gasteiger partial charge in [0.2, 0.25) is 0 Å². The van der Waals surface area contributed by atoms with Crippen molar-refractivity contribution in [1.29, 1.82) is 0 Å². The van der Waals surface area contributed by atoms with Crippen LogP contribution in [0.4, 0.5) is 0 Å². The summed E-state index contributed by atoms with van der Waals surface area (Å²) in [5.74, 6) is -0.775. The minimum absolute atomic E-state index is 0.419. The number of rotatable bonds is 5. The van der Waals surface area contributed by atoms with Gasteiger partial charge in [-0.1, -0.05) is 31.2 Å². The summed E-state index contributed by atoms with van der Waals surface area (Å²) in [6, 6.07) is 8.11. The predicted octanol–water partition coefficient (Wildman–Crippen LogP) is 2.64. The van der Waals surface area contributed by atoms with Gasteiger partial charge in [-0.25, -0.2) is 0 Å². The third kappa shape index (κ3) is 2.98. The van der Waals surface area contributed by atoms with Gasteiger partial charge in [-0.2, -0.15) is 0 Å². The largest absolute Gasteiger partial charge is 0.481 e. The summed E-state index contributed by atoms with van der Waals surface area (Å²) in [4.78, 5) is 22.2. The maximum atomic E-state index is 11.7. The second kappa shape index (κ2) is 6.03. The molecule has 5 nitrogen and oxygen atoms in total. The van der Waals surface area contributed by atoms with E-state index in [1.165, 1.54) is 10.6 Å². The lowest BCUT2D eigenvalue weighted by Gasteiger charge is -2.36. The fourth-order valence-electron chi connectivity index (χ4n) is 2.75. The van der Waals surface area contributed by atoms with Crippen molar-refractivity contribution in [1.82, 2.24) is 5.01 Å². The minimum Gasteiger partial charge on any atom is -0.481 e. The second-order valence-electron chi connectivity index (χ2n) is 5.47. The zero-order valence-corrected chi connectivity index (χ0v) is 11.7. The number of carbonyl (C=O) groups is 1. The standard InChI is InChI=1S/C15H20N2O3/c1-2-12-3-5-13(6-4-12)11-15(14(18)19)7-9-17(16-20)10-8-15/h3-6H,2,7-11H2,1H3,(H,18,19). The molecule has 0 amide bonds. The molecule has 20 heavy (non-hydrogen) atoms. The highest BCUT2D eigenvalue weighted by molar-refractivity contribution is 5.75. The number of nitroso groups, excluding NO2 is 1. The molecule has 0 aromatic heterocycles. The van der Waals surface area contributed by atoms with Crippen molar-refractivity contribution in [3.8, 4) is 0 Å². The van der Waals surface area contributed by atoms with E-state index in [2.05, 4.69) is 12.2 Å². The van der Waals surface area contributed by atoms with Gasteiger partial charge >= 0.3 is 5.97 Å². The number of nitrogens with zero attached hydrogens (tertiary/aromatic N) is 2. The van der Waals surface area contributed by atoms with Crippen molar-refractivity contribution in [2.75, 3.05) is 13.1 Å². The molecule has 1 aromatic rings. The third-order valence-electron chi connectivity index (χ3n) is 4.24. The van der Waals surface area contributed by atoms with E-state index in [9.17, 15) is 14.8 Å². The maximum Gasteiger partial charge on any atom is 0.310 e. The Kier molecular flexibility index (Phi) is 4.37. The summed E-state index contributed by atoms with van der Waals surface area (Å²) in [7, 11) is 0. The average molecular weight is 276 g/mol. The first-order valence-electron chi connectivity index (χ1n) is 6.99. The molecular formula is C15H20N2O3. The number of aryl methyl sites for hydroxylation is 1. The molecule has 0 bridgehead atoms. The molecule has 1 heterocycles. The fraction of sp³-hybridized carbons (Fsp3) is 0.533. The van der Waals surface area contributed by atoms with Crippen LogP contribution in [0.1, 0.15) is 30.9 Å². The molecule has 1 aromatic carbocycles. The number of piperidine rings is 1. The molecule has 2 rings (SSSR count). The minimum atomic E-state index is -0.775. The van der Waals surface area contributed by atoms with Gasteiger partial charge in [0.1, 0.15) is 0 Å². The van der Waals surface area contributed by atoms with E-state index in [4.69, 9.17) is 0 Å². The van der Waals surface area contributed by atoms with Crippen LogP contribution in [-0.4, -0.2) is 29.2 Å². The van der Waals surface area contributed by atoms with Crippen LogP contribution in [0.25, 0.3) is 0 Å². The Labute approximate surface area is 118 Å². The van der Waals surface area contributed by atoms with Gasteiger partial charge in [0.15, 0.2) is 0 Å². The van der Waals surface area contributed by atoms with Gasteiger partial charge in [-0.15, -0.1) is 4.91 Å². The summed E-state index contributed by atoms with van der Waals surface area (Å²) in [6.45, 7) is 2.93. The smallest absolute Gasteiger partial charge is 0.310 e. The normalized spacial score (nSPS) is 17.8. The van der Waals surface area contributed by atoms with E-state index in [-0.39, 0.29) is 0 Å². The van der Waals surface area contributed by atoms with Crippen LogP contribution in [0.5, 0.6) is 0 Å². The molecule has 0 spiro atoms. The van der Waals surface area contributed by atoms with Crippen molar-refractivity contribution >= 4 is 5.97 Å². The Morgan fingerprint density at radius 2 is 1.80 bits per heavy atom. The molecule has 1 aliphatic heterocycles. The van der Waals surface area contributed by atoms with Crippen LogP contribution >= 0.6 is 0 Å². The van der Waals surface area contributed by atoms with Gasteiger partial charge < -0.3 is 5.11 Å². The topological polar surface area (TPSA) is 70.0 Å². The van der Waals surface area contributed by atoms with Crippen LogP contribution in [0.15, 0.2) is 29.6 Å². The van der Waals surface area contributed by atoms with Gasteiger partial charge in [0, 0.05) is 13.1 Å². The third-order valence-corrected chi connectivity index (χ3v) is 4.24. The van der Waals surface area contributed by atoms with Crippen LogP contribution in [0, 0.1) is 10.3 Å². The molecule has 0 radical (unpaired) electrons. The van der Waals surface area contributed by atoms with Crippen molar-refractivity contribution in [3.63, 3.8) is 0 Å². The highest BCUT2D eigenvalue weighted by atomic mass is 16.4. The number of hydrogen-bond acceptors (Lipinski definition) is 3. The number of carboxylic acid groups (broad SMARTS) is 1. The van der Waals surface area contributed by atoms with Crippen LogP contribution in [0.2, 0.25) is 0 Å². The van der Waals surface area contributed by atoms with Gasteiger partial charge in [-0.3, -0.25) is 9.80 Å². The summed E-state index contributed by atoms with van der Waals surface area (Å²) in [5, 5.41) is 13.9. The van der Waals surface area contributed by atoms with Crippen molar-refractivity contribution < 1.29 is 9.90 Å². The van der Waals surface area contributed by atoms with E-state index >= 15 is 0 Å². The number of aliphatic carboxylic acids is 1. The van der Waals surface area contributed by atoms with Crippen LogP contribution in [-0.2, 0) is 17.6 Å². The molecular weight excluding hydrogens is 256 g/mol. The first-order valence-corrected chi connectivity index (χ1v) is 6.99.